The molecule has 0 radical (unpaired) electrons. The topological polar surface area (TPSA) is 93.0 Å². The molecule has 0 aromatic carbocycles. The number of rotatable bonds is 4. The molecule has 1 N–H and O–H groups in total. The number of aliphatic imine (C=N–C) groups is 1. The van der Waals surface area contributed by atoms with Crippen molar-refractivity contribution in [2.24, 2.45) is 4.99 Å². The predicted molar refractivity (Wildman–Crippen MR) is 118 cm³/mol. The molecule has 0 aliphatic heterocycles. The Labute approximate surface area is 178 Å². The summed E-state index contributed by atoms with van der Waals surface area (Å²) >= 11 is 1.39. The largest absolute Gasteiger partial charge is 0.325 e. The summed E-state index contributed by atoms with van der Waals surface area (Å²) in [5.74, 6) is 0.229. The maximum absolute atomic E-state index is 12.6. The molecular formula is C22H20N6OS. The van der Waals surface area contributed by atoms with E-state index in [0.717, 1.165) is 38.9 Å². The highest BCUT2D eigenvalue weighted by molar-refractivity contribution is 7.13. The van der Waals surface area contributed by atoms with Crippen molar-refractivity contribution < 1.29 is 4.79 Å². The monoisotopic (exact) mass is 416 g/mol. The maximum Gasteiger partial charge on any atom is 0.267 e. The van der Waals surface area contributed by atoms with Gasteiger partial charge in [-0.2, -0.15) is 0 Å². The normalized spacial score (nSPS) is 15.0. The van der Waals surface area contributed by atoms with Crippen LogP contribution in [-0.2, 0) is 0 Å². The summed E-state index contributed by atoms with van der Waals surface area (Å²) in [7, 11) is 0. The van der Waals surface area contributed by atoms with E-state index in [4.69, 9.17) is 0 Å². The average molecular weight is 417 g/mol. The molecule has 4 rings (SSSR count). The van der Waals surface area contributed by atoms with Crippen LogP contribution >= 0.6 is 11.3 Å². The summed E-state index contributed by atoms with van der Waals surface area (Å²) in [5, 5.41) is 3.85. The number of allylic oxidation sites excluding steroid dienone is 4. The lowest BCUT2D eigenvalue weighted by Crippen LogP contribution is -2.25. The van der Waals surface area contributed by atoms with E-state index in [2.05, 4.69) is 30.2 Å². The van der Waals surface area contributed by atoms with Gasteiger partial charge in [-0.05, 0) is 50.6 Å². The van der Waals surface area contributed by atoms with Crippen molar-refractivity contribution in [1.29, 1.82) is 0 Å². The van der Waals surface area contributed by atoms with Crippen LogP contribution in [0.4, 0.5) is 5.95 Å². The molecule has 1 aliphatic carbocycles. The second kappa shape index (κ2) is 8.46. The summed E-state index contributed by atoms with van der Waals surface area (Å²) in [4.78, 5) is 35.2. The van der Waals surface area contributed by atoms with Crippen LogP contribution in [0.3, 0.4) is 0 Å². The van der Waals surface area contributed by atoms with Crippen LogP contribution < -0.4 is 5.32 Å². The van der Waals surface area contributed by atoms with Crippen LogP contribution in [0, 0.1) is 13.8 Å². The van der Waals surface area contributed by atoms with Crippen molar-refractivity contribution >= 4 is 28.9 Å². The van der Waals surface area contributed by atoms with Crippen molar-refractivity contribution in [2.45, 2.75) is 27.2 Å². The lowest BCUT2D eigenvalue weighted by atomic mass is 10.0. The smallest absolute Gasteiger partial charge is 0.267 e. The van der Waals surface area contributed by atoms with E-state index in [1.807, 2.05) is 51.1 Å². The maximum atomic E-state index is 12.6. The Morgan fingerprint density at radius 3 is 2.73 bits per heavy atom. The average Bonchev–Trinajstić information content (AvgIpc) is 3.09. The number of thiazole rings is 1. The fourth-order valence-electron chi connectivity index (χ4n) is 3.06. The minimum absolute atomic E-state index is 0.147. The predicted octanol–water partition coefficient (Wildman–Crippen LogP) is 4.35. The van der Waals surface area contributed by atoms with E-state index >= 15 is 0 Å². The molecule has 0 fully saturated rings. The zero-order valence-electron chi connectivity index (χ0n) is 16.9. The molecule has 150 valence electrons. The van der Waals surface area contributed by atoms with Gasteiger partial charge in [-0.1, -0.05) is 6.08 Å². The molecule has 3 aromatic heterocycles. The Morgan fingerprint density at radius 2 is 2.00 bits per heavy atom. The van der Waals surface area contributed by atoms with Gasteiger partial charge in [0.1, 0.15) is 4.88 Å². The van der Waals surface area contributed by atoms with Crippen LogP contribution in [-0.4, -0.2) is 31.6 Å². The van der Waals surface area contributed by atoms with Crippen LogP contribution in [0.2, 0.25) is 0 Å². The minimum atomic E-state index is -0.147. The zero-order chi connectivity index (χ0) is 21.1. The number of aryl methyl sites for hydroxylation is 2. The van der Waals surface area contributed by atoms with Gasteiger partial charge in [0.2, 0.25) is 5.95 Å². The number of nitrogens with zero attached hydrogens (tertiary/aromatic N) is 5. The molecule has 30 heavy (non-hydrogen) atoms. The number of aromatic nitrogens is 4. The molecule has 3 heterocycles. The van der Waals surface area contributed by atoms with Gasteiger partial charge < -0.3 is 5.32 Å². The zero-order valence-corrected chi connectivity index (χ0v) is 17.7. The van der Waals surface area contributed by atoms with E-state index in [9.17, 15) is 4.79 Å². The second-order valence-corrected chi connectivity index (χ2v) is 8.07. The fourth-order valence-corrected chi connectivity index (χ4v) is 3.87. The molecule has 0 saturated carbocycles. The van der Waals surface area contributed by atoms with Gasteiger partial charge in [0.25, 0.3) is 5.91 Å². The van der Waals surface area contributed by atoms with E-state index in [1.165, 1.54) is 11.3 Å². The molecule has 0 bridgehead atoms. The van der Waals surface area contributed by atoms with Gasteiger partial charge in [-0.25, -0.2) is 19.9 Å². The first-order valence-electron chi connectivity index (χ1n) is 9.44. The molecule has 0 atom stereocenters. The Hall–Kier alpha value is -3.52. The van der Waals surface area contributed by atoms with Gasteiger partial charge >= 0.3 is 0 Å². The highest BCUT2D eigenvalue weighted by Gasteiger charge is 2.18. The van der Waals surface area contributed by atoms with E-state index in [0.29, 0.717) is 17.2 Å². The van der Waals surface area contributed by atoms with Crippen LogP contribution in [0.25, 0.3) is 11.3 Å². The number of carbonyl (C=O) groups is 1. The molecule has 0 unspecified atom stereocenters. The van der Waals surface area contributed by atoms with Gasteiger partial charge in [0.15, 0.2) is 0 Å². The third-order valence-corrected chi connectivity index (χ3v) is 5.64. The van der Waals surface area contributed by atoms with Crippen molar-refractivity contribution in [3.63, 3.8) is 0 Å². The molecule has 7 nitrogen and oxygen atoms in total. The SMILES string of the molecule is CC1=CC=C(NC(=O)c2sc(C)nc2C)CC1=Nc1nccc(-c2cccnc2)n1. The Kier molecular flexibility index (Phi) is 5.58. The third kappa shape index (κ3) is 4.38. The third-order valence-electron chi connectivity index (χ3n) is 4.57. The Balaban J connectivity index is 1.54. The summed E-state index contributed by atoms with van der Waals surface area (Å²) in [6, 6.07) is 5.63. The highest BCUT2D eigenvalue weighted by atomic mass is 32.1. The van der Waals surface area contributed by atoms with E-state index in [1.54, 1.807) is 18.6 Å². The molecule has 3 aromatic rings. The van der Waals surface area contributed by atoms with Gasteiger partial charge in [0.05, 0.1) is 22.1 Å². The standard InChI is InChI=1S/C22H20N6OS/c1-13-6-7-17(26-21(29)20-14(2)25-15(3)30-20)11-19(13)28-22-24-10-8-18(27-22)16-5-4-9-23-12-16/h4-10,12H,11H2,1-3H3,(H,26,29). The number of carbonyl (C=O) groups excluding carboxylic acids is 1. The van der Waals surface area contributed by atoms with Crippen molar-refractivity contribution in [3.05, 3.63) is 75.8 Å². The molecular weight excluding hydrogens is 396 g/mol. The van der Waals surface area contributed by atoms with E-state index in [-0.39, 0.29) is 5.91 Å². The quantitative estimate of drug-likeness (QED) is 0.683. The summed E-state index contributed by atoms with van der Waals surface area (Å²) < 4.78 is 0. The summed E-state index contributed by atoms with van der Waals surface area (Å²) in [6.45, 7) is 5.72. The van der Waals surface area contributed by atoms with Crippen LogP contribution in [0.15, 0.2) is 65.2 Å². The summed E-state index contributed by atoms with van der Waals surface area (Å²) in [6.07, 6.45) is 9.50. The molecule has 0 saturated heterocycles. The summed E-state index contributed by atoms with van der Waals surface area (Å²) in [5.41, 5.74) is 5.00. The molecule has 1 aliphatic rings. The van der Waals surface area contributed by atoms with Crippen molar-refractivity contribution in [2.75, 3.05) is 0 Å². The van der Waals surface area contributed by atoms with Gasteiger partial charge in [-0.3, -0.25) is 9.78 Å². The second-order valence-electron chi connectivity index (χ2n) is 6.86. The van der Waals surface area contributed by atoms with Gasteiger partial charge in [0, 0.05) is 36.3 Å². The first-order valence-corrected chi connectivity index (χ1v) is 10.3. The van der Waals surface area contributed by atoms with Crippen LogP contribution in [0.1, 0.15) is 33.7 Å². The Morgan fingerprint density at radius 1 is 1.13 bits per heavy atom. The van der Waals surface area contributed by atoms with Crippen molar-refractivity contribution in [3.8, 4) is 11.3 Å². The number of amides is 1. The lowest BCUT2D eigenvalue weighted by Gasteiger charge is -2.15. The van der Waals surface area contributed by atoms with Crippen LogP contribution in [0.5, 0.6) is 0 Å². The number of nitrogens with one attached hydrogen (secondary N) is 1. The van der Waals surface area contributed by atoms with Gasteiger partial charge in [-0.15, -0.1) is 11.3 Å². The van der Waals surface area contributed by atoms with E-state index < -0.39 is 0 Å². The van der Waals surface area contributed by atoms with Crippen molar-refractivity contribution in [1.82, 2.24) is 25.3 Å². The Bertz CT molecular complexity index is 1190. The first-order chi connectivity index (χ1) is 14.5. The number of hydrogen-bond donors (Lipinski definition) is 1. The highest BCUT2D eigenvalue weighted by Crippen LogP contribution is 2.22. The molecule has 1 amide bonds. The number of pyridine rings is 1. The fraction of sp³-hybridized carbons (Fsp3) is 0.182. The molecule has 0 spiro atoms. The minimum Gasteiger partial charge on any atom is -0.325 e. The first kappa shape index (κ1) is 19.8. The molecule has 8 heteroatoms. The lowest BCUT2D eigenvalue weighted by molar-refractivity contribution is 0.0968. The number of hydrogen-bond acceptors (Lipinski definition) is 7.